The van der Waals surface area contributed by atoms with Crippen molar-refractivity contribution in [2.75, 3.05) is 13.2 Å². The van der Waals surface area contributed by atoms with Gasteiger partial charge in [-0.2, -0.15) is 0 Å². The molecule has 2 aliphatic carbocycles. The quantitative estimate of drug-likeness (QED) is 0.505. The molecular formula is C26H30N2O5. The van der Waals surface area contributed by atoms with Gasteiger partial charge in [0.2, 0.25) is 0 Å². The third-order valence-electron chi connectivity index (χ3n) is 6.39. The van der Waals surface area contributed by atoms with Crippen molar-refractivity contribution in [3.05, 3.63) is 64.2 Å². The summed E-state index contributed by atoms with van der Waals surface area (Å²) in [5.41, 5.74) is 2.70. The van der Waals surface area contributed by atoms with Crippen LogP contribution in [0, 0.1) is 5.41 Å². The fraction of sp³-hybridized carbons (Fsp3) is 0.462. The molecule has 1 unspecified atom stereocenters. The van der Waals surface area contributed by atoms with Gasteiger partial charge in [0, 0.05) is 37.8 Å². The number of aliphatic imine (C=N–C) groups is 1. The second-order valence-corrected chi connectivity index (χ2v) is 9.68. The molecular weight excluding hydrogens is 420 g/mol. The van der Waals surface area contributed by atoms with Gasteiger partial charge in [-0.15, -0.1) is 0 Å². The lowest BCUT2D eigenvalue weighted by Gasteiger charge is -2.27. The molecule has 1 saturated carbocycles. The third-order valence-corrected chi connectivity index (χ3v) is 6.39. The molecule has 0 spiro atoms. The van der Waals surface area contributed by atoms with Crippen LogP contribution >= 0.6 is 0 Å². The molecule has 0 saturated heterocycles. The Bertz CT molecular complexity index is 1110. The summed E-state index contributed by atoms with van der Waals surface area (Å²) in [6.45, 7) is 4.08. The number of aliphatic hydroxyl groups excluding tert-OH is 2. The summed E-state index contributed by atoms with van der Waals surface area (Å²) < 4.78 is 5.44. The van der Waals surface area contributed by atoms with Gasteiger partial charge in [0.05, 0.1) is 30.0 Å². The Morgan fingerprint density at radius 2 is 1.91 bits per heavy atom. The zero-order valence-corrected chi connectivity index (χ0v) is 19.1. The van der Waals surface area contributed by atoms with Gasteiger partial charge < -0.3 is 14.7 Å². The smallest absolute Gasteiger partial charge is 0.168 e. The third kappa shape index (κ3) is 4.98. The van der Waals surface area contributed by atoms with Crippen LogP contribution < -0.4 is 0 Å². The van der Waals surface area contributed by atoms with E-state index in [9.17, 15) is 19.8 Å². The number of hydrogen-bond acceptors (Lipinski definition) is 7. The minimum absolute atomic E-state index is 0.00860. The molecule has 0 amide bonds. The highest BCUT2D eigenvalue weighted by Crippen LogP contribution is 2.37. The molecule has 7 heteroatoms. The van der Waals surface area contributed by atoms with Crippen molar-refractivity contribution in [2.24, 2.45) is 10.4 Å². The fourth-order valence-corrected chi connectivity index (χ4v) is 4.86. The molecule has 1 aromatic heterocycles. The first kappa shape index (κ1) is 23.1. The van der Waals surface area contributed by atoms with Crippen LogP contribution in [0.2, 0.25) is 0 Å². The lowest BCUT2D eigenvalue weighted by molar-refractivity contribution is -0.116. The second kappa shape index (κ2) is 9.43. The zero-order valence-electron chi connectivity index (χ0n) is 19.1. The average molecular weight is 451 g/mol. The highest BCUT2D eigenvalue weighted by atomic mass is 16.5. The van der Waals surface area contributed by atoms with Gasteiger partial charge in [-0.25, -0.2) is 0 Å². The van der Waals surface area contributed by atoms with Crippen molar-refractivity contribution in [2.45, 2.75) is 58.3 Å². The number of allylic oxidation sites excluding steroid dienone is 2. The fourth-order valence-electron chi connectivity index (χ4n) is 4.86. The Morgan fingerprint density at radius 1 is 1.15 bits per heavy atom. The number of ketones is 2. The van der Waals surface area contributed by atoms with Crippen LogP contribution in [0.25, 0.3) is 0 Å². The predicted octanol–water partition coefficient (Wildman–Crippen LogP) is 4.15. The van der Waals surface area contributed by atoms with Crippen molar-refractivity contribution < 1.29 is 24.3 Å². The van der Waals surface area contributed by atoms with Crippen LogP contribution in [-0.4, -0.2) is 45.8 Å². The van der Waals surface area contributed by atoms with Gasteiger partial charge in [-0.1, -0.05) is 49.3 Å². The molecule has 2 N–H and O–H groups in total. The van der Waals surface area contributed by atoms with E-state index in [1.807, 2.05) is 44.2 Å². The van der Waals surface area contributed by atoms with Crippen LogP contribution in [-0.2, 0) is 17.6 Å². The number of rotatable bonds is 6. The van der Waals surface area contributed by atoms with Gasteiger partial charge in [0.1, 0.15) is 11.5 Å². The van der Waals surface area contributed by atoms with E-state index >= 15 is 0 Å². The minimum Gasteiger partial charge on any atom is -0.511 e. The monoisotopic (exact) mass is 450 g/mol. The summed E-state index contributed by atoms with van der Waals surface area (Å²) in [6.07, 6.45) is 2.33. The highest BCUT2D eigenvalue weighted by Gasteiger charge is 2.37. The molecule has 0 bridgehead atoms. The number of fused-ring (bicyclic) bond motifs is 1. The van der Waals surface area contributed by atoms with Crippen molar-refractivity contribution >= 4 is 17.3 Å². The second-order valence-electron chi connectivity index (χ2n) is 9.68. The molecule has 1 heterocycles. The van der Waals surface area contributed by atoms with Crippen LogP contribution in [0.5, 0.6) is 0 Å². The first-order chi connectivity index (χ1) is 15.8. The van der Waals surface area contributed by atoms with Gasteiger partial charge in [0.25, 0.3) is 0 Å². The van der Waals surface area contributed by atoms with Gasteiger partial charge >= 0.3 is 0 Å². The zero-order chi connectivity index (χ0) is 23.6. The molecule has 174 valence electrons. The molecule has 2 aliphatic rings. The number of aryl methyl sites for hydroxylation is 1. The van der Waals surface area contributed by atoms with E-state index in [0.717, 1.165) is 5.56 Å². The summed E-state index contributed by atoms with van der Waals surface area (Å²) in [4.78, 5) is 30.1. The van der Waals surface area contributed by atoms with Crippen LogP contribution in [0.15, 0.2) is 51.2 Å². The SMILES string of the molecule is CC1(C)CC(=O)c2c(CCC(O)=C3C(=O)CC(c4ccccc4)CC3=NCCO)noc2C1. The molecule has 4 rings (SSSR count). The number of carbonyl (C=O) groups excluding carboxylic acids is 2. The predicted molar refractivity (Wildman–Crippen MR) is 124 cm³/mol. The maximum absolute atomic E-state index is 13.1. The number of hydrogen-bond donors (Lipinski definition) is 2. The van der Waals surface area contributed by atoms with E-state index in [0.29, 0.717) is 48.4 Å². The standard InChI is InChI=1S/C26H30N2O5/c1-26(2)14-22(32)25-18(28-33-23(25)15-26)8-9-20(30)24-19(27-10-11-29)12-17(13-21(24)31)16-6-4-3-5-7-16/h3-7,17,29-30H,8-15H2,1-2H3. The Kier molecular flexibility index (Phi) is 6.61. The van der Waals surface area contributed by atoms with Crippen molar-refractivity contribution in [3.63, 3.8) is 0 Å². The number of aliphatic hydroxyl groups is 2. The Labute approximate surface area is 193 Å². The number of carbonyl (C=O) groups is 2. The number of nitrogens with zero attached hydrogens (tertiary/aromatic N) is 2. The molecule has 0 aliphatic heterocycles. The molecule has 0 radical (unpaired) electrons. The first-order valence-electron chi connectivity index (χ1n) is 11.4. The van der Waals surface area contributed by atoms with E-state index < -0.39 is 0 Å². The average Bonchev–Trinajstić information content (AvgIpc) is 3.18. The highest BCUT2D eigenvalue weighted by molar-refractivity contribution is 6.24. The van der Waals surface area contributed by atoms with Crippen LogP contribution in [0.1, 0.15) is 72.8 Å². The van der Waals surface area contributed by atoms with Gasteiger partial charge in [-0.3, -0.25) is 14.6 Å². The topological polar surface area (TPSA) is 113 Å². The van der Waals surface area contributed by atoms with E-state index in [4.69, 9.17) is 4.52 Å². The molecule has 1 atom stereocenters. The summed E-state index contributed by atoms with van der Waals surface area (Å²) in [5.74, 6) is 0.376. The Hall–Kier alpha value is -3.06. The molecule has 2 aromatic rings. The number of Topliss-reactive ketones (excluding diaryl/α,β-unsaturated/α-hetero) is 2. The van der Waals surface area contributed by atoms with E-state index in [-0.39, 0.29) is 60.2 Å². The molecule has 1 fully saturated rings. The molecule has 7 nitrogen and oxygen atoms in total. The van der Waals surface area contributed by atoms with Gasteiger partial charge in [0.15, 0.2) is 11.6 Å². The van der Waals surface area contributed by atoms with Crippen molar-refractivity contribution in [3.8, 4) is 0 Å². The van der Waals surface area contributed by atoms with Crippen molar-refractivity contribution in [1.29, 1.82) is 0 Å². The maximum atomic E-state index is 13.1. The summed E-state index contributed by atoms with van der Waals surface area (Å²) in [6, 6.07) is 9.78. The van der Waals surface area contributed by atoms with Crippen LogP contribution in [0.3, 0.4) is 0 Å². The van der Waals surface area contributed by atoms with Crippen LogP contribution in [0.4, 0.5) is 0 Å². The van der Waals surface area contributed by atoms with E-state index in [1.54, 1.807) is 0 Å². The summed E-state index contributed by atoms with van der Waals surface area (Å²) in [7, 11) is 0. The number of aromatic nitrogens is 1. The lowest BCUT2D eigenvalue weighted by Crippen LogP contribution is -2.27. The van der Waals surface area contributed by atoms with E-state index in [2.05, 4.69) is 10.1 Å². The minimum atomic E-state index is -0.163. The lowest BCUT2D eigenvalue weighted by atomic mass is 9.76. The van der Waals surface area contributed by atoms with Gasteiger partial charge in [-0.05, 0) is 23.3 Å². The van der Waals surface area contributed by atoms with Crippen molar-refractivity contribution in [1.82, 2.24) is 5.16 Å². The normalized spacial score (nSPS) is 23.0. The molecule has 33 heavy (non-hydrogen) atoms. The number of benzene rings is 1. The maximum Gasteiger partial charge on any atom is 0.168 e. The Balaban J connectivity index is 1.56. The first-order valence-corrected chi connectivity index (χ1v) is 11.4. The Morgan fingerprint density at radius 3 is 2.64 bits per heavy atom. The molecule has 1 aromatic carbocycles. The largest absolute Gasteiger partial charge is 0.511 e. The summed E-state index contributed by atoms with van der Waals surface area (Å²) in [5, 5.41) is 24.2. The van der Waals surface area contributed by atoms with E-state index in [1.165, 1.54) is 0 Å². The summed E-state index contributed by atoms with van der Waals surface area (Å²) >= 11 is 0.